The number of thiazole rings is 1. The molecule has 0 bridgehead atoms. The molecule has 0 aromatic carbocycles. The lowest BCUT2D eigenvalue weighted by atomic mass is 9.85. The van der Waals surface area contributed by atoms with Crippen LogP contribution in [-0.4, -0.2) is 11.0 Å². The summed E-state index contributed by atoms with van der Waals surface area (Å²) in [4.78, 5) is 5.93. The normalized spacial score (nSPS) is 27.0. The van der Waals surface area contributed by atoms with Crippen molar-refractivity contribution in [1.29, 1.82) is 0 Å². The molecular weight excluding hydrogens is 228 g/mol. The highest BCUT2D eigenvalue weighted by Crippen LogP contribution is 2.27. The average Bonchev–Trinajstić information content (AvgIpc) is 2.81. The van der Waals surface area contributed by atoms with Gasteiger partial charge in [0.25, 0.3) is 0 Å². The van der Waals surface area contributed by atoms with Crippen LogP contribution in [0.15, 0.2) is 6.20 Å². The van der Waals surface area contributed by atoms with Crippen LogP contribution in [0.2, 0.25) is 0 Å². The van der Waals surface area contributed by atoms with E-state index in [1.54, 1.807) is 0 Å². The monoisotopic (exact) mass is 252 g/mol. The Morgan fingerprint density at radius 2 is 2.24 bits per heavy atom. The summed E-state index contributed by atoms with van der Waals surface area (Å²) in [7, 11) is 0. The van der Waals surface area contributed by atoms with E-state index in [1.165, 1.54) is 35.6 Å². The highest BCUT2D eigenvalue weighted by atomic mass is 32.1. The molecule has 1 fully saturated rings. The Hall–Kier alpha value is -0.410. The predicted molar refractivity (Wildman–Crippen MR) is 74.5 cm³/mol. The summed E-state index contributed by atoms with van der Waals surface area (Å²) < 4.78 is 0. The summed E-state index contributed by atoms with van der Waals surface area (Å²) in [6.45, 7) is 6.82. The lowest BCUT2D eigenvalue weighted by molar-refractivity contribution is 0.263. The van der Waals surface area contributed by atoms with Crippen molar-refractivity contribution in [3.8, 4) is 0 Å². The van der Waals surface area contributed by atoms with E-state index in [2.05, 4.69) is 31.1 Å². The van der Waals surface area contributed by atoms with E-state index < -0.39 is 0 Å². The molecule has 0 radical (unpaired) electrons. The molecule has 1 aliphatic rings. The molecule has 0 saturated heterocycles. The molecule has 96 valence electrons. The Morgan fingerprint density at radius 1 is 1.47 bits per heavy atom. The van der Waals surface area contributed by atoms with Crippen molar-refractivity contribution in [2.75, 3.05) is 0 Å². The number of nitrogens with zero attached hydrogens (tertiary/aromatic N) is 1. The number of nitrogens with one attached hydrogen (secondary N) is 1. The van der Waals surface area contributed by atoms with Gasteiger partial charge in [0.1, 0.15) is 5.01 Å². The van der Waals surface area contributed by atoms with E-state index >= 15 is 0 Å². The quantitative estimate of drug-likeness (QED) is 0.878. The third kappa shape index (κ3) is 3.29. The van der Waals surface area contributed by atoms with Gasteiger partial charge in [0.05, 0.1) is 6.04 Å². The molecule has 1 N–H and O–H groups in total. The first-order chi connectivity index (χ1) is 8.20. The van der Waals surface area contributed by atoms with Gasteiger partial charge < -0.3 is 5.32 Å². The van der Waals surface area contributed by atoms with Crippen LogP contribution in [-0.2, 0) is 6.42 Å². The Labute approximate surface area is 109 Å². The van der Waals surface area contributed by atoms with Gasteiger partial charge in [0.2, 0.25) is 0 Å². The minimum absolute atomic E-state index is 0.408. The predicted octanol–water partition coefficient (Wildman–Crippen LogP) is 3.93. The van der Waals surface area contributed by atoms with E-state index in [0.717, 1.165) is 12.3 Å². The van der Waals surface area contributed by atoms with Crippen molar-refractivity contribution in [2.24, 2.45) is 5.92 Å². The maximum atomic E-state index is 4.53. The maximum Gasteiger partial charge on any atom is 0.109 e. The fourth-order valence-electron chi connectivity index (χ4n) is 2.64. The number of hydrogen-bond donors (Lipinski definition) is 1. The zero-order valence-corrected chi connectivity index (χ0v) is 12.0. The smallest absolute Gasteiger partial charge is 0.109 e. The van der Waals surface area contributed by atoms with Gasteiger partial charge in [-0.1, -0.05) is 26.7 Å². The summed E-state index contributed by atoms with van der Waals surface area (Å²) >= 11 is 1.86. The van der Waals surface area contributed by atoms with Gasteiger partial charge >= 0.3 is 0 Å². The van der Waals surface area contributed by atoms with Crippen LogP contribution in [0, 0.1) is 5.92 Å². The van der Waals surface area contributed by atoms with Crippen molar-refractivity contribution in [3.05, 3.63) is 16.1 Å². The fraction of sp³-hybridized carbons (Fsp3) is 0.786. The first-order valence-corrected chi connectivity index (χ1v) is 7.73. The zero-order chi connectivity index (χ0) is 12.3. The Balaban J connectivity index is 1.93. The maximum absolute atomic E-state index is 4.53. The third-order valence-corrected chi connectivity index (χ3v) is 5.19. The van der Waals surface area contributed by atoms with Crippen LogP contribution < -0.4 is 5.32 Å². The van der Waals surface area contributed by atoms with E-state index in [1.807, 2.05) is 17.5 Å². The molecule has 1 aromatic rings. The largest absolute Gasteiger partial charge is 0.305 e. The highest BCUT2D eigenvalue weighted by molar-refractivity contribution is 7.11. The van der Waals surface area contributed by atoms with Gasteiger partial charge in [0, 0.05) is 17.1 Å². The Kier molecular flexibility index (Phi) is 4.57. The summed E-state index contributed by atoms with van der Waals surface area (Å²) in [5, 5.41) is 5.02. The van der Waals surface area contributed by atoms with Crippen LogP contribution in [0.4, 0.5) is 0 Å². The summed E-state index contributed by atoms with van der Waals surface area (Å²) in [6.07, 6.45) is 8.63. The molecule has 1 saturated carbocycles. The molecular formula is C14H24N2S. The van der Waals surface area contributed by atoms with Gasteiger partial charge in [-0.25, -0.2) is 4.98 Å². The molecule has 1 heterocycles. The van der Waals surface area contributed by atoms with E-state index in [-0.39, 0.29) is 0 Å². The Morgan fingerprint density at radius 3 is 2.88 bits per heavy atom. The minimum Gasteiger partial charge on any atom is -0.305 e. The van der Waals surface area contributed by atoms with Crippen LogP contribution in [0.25, 0.3) is 0 Å². The second-order valence-electron chi connectivity index (χ2n) is 5.27. The number of hydrogen-bond acceptors (Lipinski definition) is 3. The van der Waals surface area contributed by atoms with Crippen molar-refractivity contribution < 1.29 is 0 Å². The molecule has 2 nitrogen and oxygen atoms in total. The molecule has 17 heavy (non-hydrogen) atoms. The van der Waals surface area contributed by atoms with Crippen LogP contribution in [0.1, 0.15) is 62.4 Å². The molecule has 3 atom stereocenters. The van der Waals surface area contributed by atoms with Gasteiger partial charge in [-0.3, -0.25) is 0 Å². The van der Waals surface area contributed by atoms with Gasteiger partial charge in [0.15, 0.2) is 0 Å². The van der Waals surface area contributed by atoms with E-state index in [9.17, 15) is 0 Å². The van der Waals surface area contributed by atoms with Gasteiger partial charge in [-0.15, -0.1) is 11.3 Å². The number of aromatic nitrogens is 1. The summed E-state index contributed by atoms with van der Waals surface area (Å²) in [5.74, 6) is 0.816. The molecule has 3 heteroatoms. The fourth-order valence-corrected chi connectivity index (χ4v) is 3.51. The first-order valence-electron chi connectivity index (χ1n) is 6.91. The molecule has 0 amide bonds. The topological polar surface area (TPSA) is 24.9 Å². The molecule has 1 aromatic heterocycles. The molecule has 2 rings (SSSR count). The third-order valence-electron chi connectivity index (χ3n) is 3.87. The van der Waals surface area contributed by atoms with Crippen molar-refractivity contribution in [2.45, 2.75) is 65.0 Å². The average molecular weight is 252 g/mol. The van der Waals surface area contributed by atoms with Gasteiger partial charge in [-0.2, -0.15) is 0 Å². The second-order valence-corrected chi connectivity index (χ2v) is 6.42. The van der Waals surface area contributed by atoms with E-state index in [0.29, 0.717) is 12.1 Å². The summed E-state index contributed by atoms with van der Waals surface area (Å²) in [6, 6.07) is 1.10. The van der Waals surface area contributed by atoms with Crippen molar-refractivity contribution >= 4 is 11.3 Å². The van der Waals surface area contributed by atoms with E-state index in [4.69, 9.17) is 0 Å². The highest BCUT2D eigenvalue weighted by Gasteiger charge is 2.23. The molecule has 0 spiro atoms. The second kappa shape index (κ2) is 5.96. The first kappa shape index (κ1) is 13.0. The molecule has 0 aliphatic heterocycles. The SMILES string of the molecule is CCc1cnc(C(C)NC2CCCCC2C)s1. The number of rotatable bonds is 4. The zero-order valence-electron chi connectivity index (χ0n) is 11.2. The van der Waals surface area contributed by atoms with Crippen molar-refractivity contribution in [3.63, 3.8) is 0 Å². The molecule has 3 unspecified atom stereocenters. The lowest BCUT2D eigenvalue weighted by Crippen LogP contribution is -2.38. The summed E-state index contributed by atoms with van der Waals surface area (Å²) in [5.41, 5.74) is 0. The van der Waals surface area contributed by atoms with Crippen molar-refractivity contribution in [1.82, 2.24) is 10.3 Å². The van der Waals surface area contributed by atoms with Crippen LogP contribution in [0.3, 0.4) is 0 Å². The Bertz CT molecular complexity index is 348. The standard InChI is InChI=1S/C14H24N2S/c1-4-12-9-15-14(17-12)11(3)16-13-8-6-5-7-10(13)2/h9-11,13,16H,4-8H2,1-3H3. The van der Waals surface area contributed by atoms with Crippen LogP contribution in [0.5, 0.6) is 0 Å². The lowest BCUT2D eigenvalue weighted by Gasteiger charge is -2.31. The minimum atomic E-state index is 0.408. The van der Waals surface area contributed by atoms with Gasteiger partial charge in [-0.05, 0) is 32.1 Å². The number of aryl methyl sites for hydroxylation is 1. The molecule has 1 aliphatic carbocycles. The van der Waals surface area contributed by atoms with Crippen LogP contribution >= 0.6 is 11.3 Å².